The van der Waals surface area contributed by atoms with Crippen LogP contribution in [0.2, 0.25) is 0 Å². The molecule has 0 aromatic carbocycles. The van der Waals surface area contributed by atoms with Gasteiger partial charge in [-0.2, -0.15) is 4.99 Å². The largest absolute Gasteiger partial charge is 0.317 e. The standard InChI is InChI=1S/C12H21N5O2/c1-13-10-4-11(17-9-19,7-16-8-18)6-12(5-10,14-2)15-3/h10,13-15H,4-7H2,1-3H3. The Hall–Kier alpha value is -1.36. The average Bonchev–Trinajstić information content (AvgIpc) is 2.45. The molecule has 0 aromatic heterocycles. The van der Waals surface area contributed by atoms with Crippen molar-refractivity contribution in [3.63, 3.8) is 0 Å². The van der Waals surface area contributed by atoms with Crippen molar-refractivity contribution in [2.24, 2.45) is 9.98 Å². The second-order valence-electron chi connectivity index (χ2n) is 4.99. The minimum atomic E-state index is -0.725. The summed E-state index contributed by atoms with van der Waals surface area (Å²) in [6, 6.07) is 0.160. The van der Waals surface area contributed by atoms with E-state index in [-0.39, 0.29) is 18.2 Å². The number of hydrogen-bond acceptors (Lipinski definition) is 7. The molecule has 1 rings (SSSR count). The predicted octanol–water partition coefficient (Wildman–Crippen LogP) is -0.696. The second-order valence-corrected chi connectivity index (χ2v) is 4.99. The molecule has 0 saturated heterocycles. The zero-order chi connectivity index (χ0) is 14.4. The predicted molar refractivity (Wildman–Crippen MR) is 71.4 cm³/mol. The maximum atomic E-state index is 10.7. The topological polar surface area (TPSA) is 95.0 Å². The molecule has 1 aliphatic rings. The van der Waals surface area contributed by atoms with E-state index in [9.17, 15) is 9.59 Å². The van der Waals surface area contributed by atoms with E-state index in [1.54, 1.807) is 6.08 Å². The molecule has 7 heteroatoms. The second kappa shape index (κ2) is 6.70. The third-order valence-electron chi connectivity index (χ3n) is 3.94. The number of hydrogen-bond donors (Lipinski definition) is 3. The van der Waals surface area contributed by atoms with Gasteiger partial charge in [-0.25, -0.2) is 14.6 Å². The normalized spacial score (nSPS) is 29.1. The SMILES string of the molecule is CNC1CC(CN=C=O)(N=C=O)CC(NC)(NC)C1. The fraction of sp³-hybridized carbons (Fsp3) is 0.833. The maximum Gasteiger partial charge on any atom is 0.235 e. The molecule has 0 heterocycles. The monoisotopic (exact) mass is 267 g/mol. The van der Waals surface area contributed by atoms with Crippen molar-refractivity contribution in [3.8, 4) is 0 Å². The van der Waals surface area contributed by atoms with Gasteiger partial charge >= 0.3 is 0 Å². The van der Waals surface area contributed by atoms with E-state index >= 15 is 0 Å². The number of aliphatic imine (C=N–C) groups is 2. The van der Waals surface area contributed by atoms with Crippen molar-refractivity contribution in [1.82, 2.24) is 16.0 Å². The number of nitrogens with zero attached hydrogens (tertiary/aromatic N) is 2. The third kappa shape index (κ3) is 3.56. The lowest BCUT2D eigenvalue weighted by Gasteiger charge is -2.48. The summed E-state index contributed by atoms with van der Waals surface area (Å²) in [6.07, 6.45) is 5.18. The van der Waals surface area contributed by atoms with Crippen molar-refractivity contribution < 1.29 is 9.59 Å². The highest BCUT2D eigenvalue weighted by atomic mass is 16.1. The van der Waals surface area contributed by atoms with Gasteiger partial charge in [0.2, 0.25) is 12.2 Å². The van der Waals surface area contributed by atoms with E-state index in [0.29, 0.717) is 12.8 Å². The zero-order valence-electron chi connectivity index (χ0n) is 11.6. The first-order chi connectivity index (χ1) is 9.09. The molecule has 2 atom stereocenters. The van der Waals surface area contributed by atoms with Crippen molar-refractivity contribution >= 4 is 12.2 Å². The fourth-order valence-corrected chi connectivity index (χ4v) is 2.88. The van der Waals surface area contributed by atoms with Crippen LogP contribution in [0.3, 0.4) is 0 Å². The lowest BCUT2D eigenvalue weighted by Crippen LogP contribution is -2.65. The van der Waals surface area contributed by atoms with Crippen molar-refractivity contribution in [3.05, 3.63) is 0 Å². The summed E-state index contributed by atoms with van der Waals surface area (Å²) in [6.45, 7) is 0.148. The maximum absolute atomic E-state index is 10.7. The van der Waals surface area contributed by atoms with Crippen LogP contribution in [-0.4, -0.2) is 57.1 Å². The Labute approximate surface area is 113 Å². The van der Waals surface area contributed by atoms with Gasteiger partial charge in [0.15, 0.2) is 0 Å². The Morgan fingerprint density at radius 1 is 1.16 bits per heavy atom. The van der Waals surface area contributed by atoms with Gasteiger partial charge in [-0.3, -0.25) is 0 Å². The highest BCUT2D eigenvalue weighted by Gasteiger charge is 2.47. The van der Waals surface area contributed by atoms with Crippen LogP contribution in [0, 0.1) is 0 Å². The Kier molecular flexibility index (Phi) is 5.54. The van der Waals surface area contributed by atoms with Gasteiger partial charge in [-0.15, -0.1) is 0 Å². The smallest absolute Gasteiger partial charge is 0.235 e. The van der Waals surface area contributed by atoms with Crippen LogP contribution in [0.1, 0.15) is 19.3 Å². The Morgan fingerprint density at radius 2 is 1.84 bits per heavy atom. The van der Waals surface area contributed by atoms with Crippen LogP contribution >= 0.6 is 0 Å². The molecule has 19 heavy (non-hydrogen) atoms. The van der Waals surface area contributed by atoms with Crippen LogP contribution < -0.4 is 16.0 Å². The lowest BCUT2D eigenvalue weighted by atomic mass is 9.73. The van der Waals surface area contributed by atoms with Crippen LogP contribution in [0.4, 0.5) is 0 Å². The van der Waals surface area contributed by atoms with E-state index in [0.717, 1.165) is 6.42 Å². The summed E-state index contributed by atoms with van der Waals surface area (Å²) in [7, 11) is 5.57. The van der Waals surface area contributed by atoms with Gasteiger partial charge < -0.3 is 16.0 Å². The first kappa shape index (κ1) is 15.7. The minimum absolute atomic E-state index is 0.148. The van der Waals surface area contributed by atoms with E-state index in [1.807, 2.05) is 21.1 Å². The quantitative estimate of drug-likeness (QED) is 0.336. The Bertz CT molecular complexity index is 397. The van der Waals surface area contributed by atoms with Gasteiger partial charge in [0.1, 0.15) is 0 Å². The molecule has 3 N–H and O–H groups in total. The van der Waals surface area contributed by atoms with Gasteiger partial charge in [0.25, 0.3) is 0 Å². The zero-order valence-corrected chi connectivity index (χ0v) is 11.6. The molecule has 1 aliphatic carbocycles. The molecule has 0 spiro atoms. The molecule has 2 unspecified atom stereocenters. The lowest BCUT2D eigenvalue weighted by molar-refractivity contribution is 0.114. The van der Waals surface area contributed by atoms with Crippen LogP contribution in [-0.2, 0) is 9.59 Å². The fourth-order valence-electron chi connectivity index (χ4n) is 2.88. The van der Waals surface area contributed by atoms with Gasteiger partial charge in [-0.05, 0) is 34.0 Å². The summed E-state index contributed by atoms with van der Waals surface area (Å²) in [5, 5.41) is 9.69. The van der Waals surface area contributed by atoms with Gasteiger partial charge in [0.05, 0.1) is 17.7 Å². The van der Waals surface area contributed by atoms with E-state index in [2.05, 4.69) is 25.9 Å². The molecule has 7 nitrogen and oxygen atoms in total. The van der Waals surface area contributed by atoms with Crippen molar-refractivity contribution in [2.75, 3.05) is 27.7 Å². The molecular weight excluding hydrogens is 246 g/mol. The molecule has 1 fully saturated rings. The highest BCUT2D eigenvalue weighted by Crippen LogP contribution is 2.36. The Balaban J connectivity index is 3.13. The van der Waals surface area contributed by atoms with Crippen LogP contribution in [0.15, 0.2) is 9.98 Å². The summed E-state index contributed by atoms with van der Waals surface area (Å²) in [5.74, 6) is 0. The number of rotatable bonds is 6. The average molecular weight is 267 g/mol. The minimum Gasteiger partial charge on any atom is -0.317 e. The molecular formula is C12H21N5O2. The van der Waals surface area contributed by atoms with Crippen molar-refractivity contribution in [2.45, 2.75) is 36.5 Å². The molecule has 0 aromatic rings. The van der Waals surface area contributed by atoms with Gasteiger partial charge in [0, 0.05) is 12.5 Å². The summed E-state index contributed by atoms with van der Waals surface area (Å²) >= 11 is 0. The number of isocyanates is 2. The van der Waals surface area contributed by atoms with E-state index < -0.39 is 5.54 Å². The highest BCUT2D eigenvalue weighted by molar-refractivity contribution is 5.37. The van der Waals surface area contributed by atoms with E-state index in [1.165, 1.54) is 6.08 Å². The number of carbonyl (C=O) groups excluding carboxylic acids is 2. The molecule has 0 aliphatic heterocycles. The first-order valence-electron chi connectivity index (χ1n) is 6.27. The number of nitrogens with one attached hydrogen (secondary N) is 3. The van der Waals surface area contributed by atoms with Crippen molar-refractivity contribution in [1.29, 1.82) is 0 Å². The van der Waals surface area contributed by atoms with E-state index in [4.69, 9.17) is 0 Å². The molecule has 0 bridgehead atoms. The Morgan fingerprint density at radius 3 is 2.32 bits per heavy atom. The third-order valence-corrected chi connectivity index (χ3v) is 3.94. The van der Waals surface area contributed by atoms with Gasteiger partial charge in [-0.1, -0.05) is 0 Å². The molecule has 0 amide bonds. The molecule has 106 valence electrons. The summed E-state index contributed by atoms with van der Waals surface area (Å²) in [5.41, 5.74) is -1.08. The summed E-state index contributed by atoms with van der Waals surface area (Å²) in [4.78, 5) is 28.7. The van der Waals surface area contributed by atoms with Crippen LogP contribution in [0.25, 0.3) is 0 Å². The first-order valence-corrected chi connectivity index (χ1v) is 6.27. The molecule has 0 radical (unpaired) electrons. The molecule has 1 saturated carbocycles. The summed E-state index contributed by atoms with van der Waals surface area (Å²) < 4.78 is 0. The van der Waals surface area contributed by atoms with Crippen LogP contribution in [0.5, 0.6) is 0 Å².